The Bertz CT molecular complexity index is 1330. The summed E-state index contributed by atoms with van der Waals surface area (Å²) >= 11 is 0. The first kappa shape index (κ1) is 18.3. The summed E-state index contributed by atoms with van der Waals surface area (Å²) in [5, 5.41) is 1.64. The first-order valence-electron chi connectivity index (χ1n) is 8.78. The van der Waals surface area contributed by atoms with Crippen molar-refractivity contribution in [2.24, 2.45) is 5.73 Å². The van der Waals surface area contributed by atoms with Gasteiger partial charge in [0.05, 0.1) is 15.9 Å². The van der Waals surface area contributed by atoms with Gasteiger partial charge in [-0.25, -0.2) is 8.42 Å². The van der Waals surface area contributed by atoms with Crippen LogP contribution in [0.1, 0.15) is 21.5 Å². The fourth-order valence-corrected chi connectivity index (χ4v) is 4.19. The summed E-state index contributed by atoms with van der Waals surface area (Å²) in [7, 11) is -3.23. The fourth-order valence-electron chi connectivity index (χ4n) is 3.56. The molecule has 0 unspecified atom stereocenters. The molecule has 0 saturated carbocycles. The van der Waals surface area contributed by atoms with Gasteiger partial charge in [-0.1, -0.05) is 24.3 Å². The van der Waals surface area contributed by atoms with E-state index in [4.69, 9.17) is 5.73 Å². The van der Waals surface area contributed by atoms with Crippen molar-refractivity contribution in [1.82, 2.24) is 4.57 Å². The van der Waals surface area contributed by atoms with E-state index in [1.807, 2.05) is 37.3 Å². The summed E-state index contributed by atoms with van der Waals surface area (Å²) in [5.74, 6) is -0.476. The smallest absolute Gasteiger partial charge is 0.249 e. The van der Waals surface area contributed by atoms with Crippen LogP contribution in [-0.4, -0.2) is 25.1 Å². The van der Waals surface area contributed by atoms with Gasteiger partial charge in [0.1, 0.15) is 0 Å². The normalized spacial score (nSPS) is 11.9. The minimum Gasteiger partial charge on any atom is -0.366 e. The number of hydrogen-bond donors (Lipinski definition) is 1. The third kappa shape index (κ3) is 3.05. The lowest BCUT2D eigenvalue weighted by Gasteiger charge is -2.09. The van der Waals surface area contributed by atoms with Crippen molar-refractivity contribution in [1.29, 1.82) is 0 Å². The molecule has 0 spiro atoms. The lowest BCUT2D eigenvalue weighted by molar-refractivity contribution is 0.100. The summed E-state index contributed by atoms with van der Waals surface area (Å²) in [4.78, 5) is 12.3. The monoisotopic (exact) mass is 391 g/mol. The second-order valence-corrected chi connectivity index (χ2v) is 9.02. The van der Waals surface area contributed by atoms with Crippen LogP contribution in [0.5, 0.6) is 0 Å². The largest absolute Gasteiger partial charge is 0.366 e. The number of amides is 1. The van der Waals surface area contributed by atoms with Crippen LogP contribution in [0.2, 0.25) is 0 Å². The summed E-state index contributed by atoms with van der Waals surface area (Å²) in [6.45, 7) is 2.53. The number of carbonyl (C=O) groups is 1. The molecule has 2 N–H and O–H groups in total. The molecule has 141 valence electrons. The van der Waals surface area contributed by atoms with Crippen LogP contribution in [0.3, 0.4) is 0 Å². The van der Waals surface area contributed by atoms with Crippen molar-refractivity contribution in [3.63, 3.8) is 0 Å². The molecule has 0 aliphatic heterocycles. The van der Waals surface area contributed by atoms with Crippen LogP contribution in [-0.2, 0) is 16.4 Å². The zero-order valence-electron chi connectivity index (χ0n) is 15.6. The third-order valence-corrected chi connectivity index (χ3v) is 6.02. The van der Waals surface area contributed by atoms with Gasteiger partial charge in [-0.2, -0.15) is 0 Å². The molecule has 28 heavy (non-hydrogen) atoms. The Balaban J connectivity index is 1.94. The minimum atomic E-state index is -3.23. The lowest BCUT2D eigenvalue weighted by atomic mass is 10.1. The first-order valence-corrected chi connectivity index (χ1v) is 10.7. The van der Waals surface area contributed by atoms with Gasteiger partial charge in [0, 0.05) is 29.1 Å². The highest BCUT2D eigenvalue weighted by Crippen LogP contribution is 2.32. The lowest BCUT2D eigenvalue weighted by Crippen LogP contribution is -2.11. The number of aryl methyl sites for hydroxylation is 1. The highest BCUT2D eigenvalue weighted by Gasteiger charge is 2.17. The third-order valence-electron chi connectivity index (χ3n) is 4.90. The zero-order chi connectivity index (χ0) is 20.1. The van der Waals surface area contributed by atoms with Crippen LogP contribution < -0.4 is 5.73 Å². The van der Waals surface area contributed by atoms with E-state index < -0.39 is 15.7 Å². The molecule has 6 heteroatoms. The summed E-state index contributed by atoms with van der Waals surface area (Å²) < 4.78 is 25.5. The minimum absolute atomic E-state index is 0.290. The van der Waals surface area contributed by atoms with E-state index in [1.165, 1.54) is 6.26 Å². The van der Waals surface area contributed by atoms with Crippen molar-refractivity contribution in [3.8, 4) is 0 Å². The number of benzene rings is 3. The number of aromatic nitrogens is 1. The van der Waals surface area contributed by atoms with Gasteiger partial charge in [0.15, 0.2) is 9.84 Å². The molecule has 4 rings (SSSR count). The Labute approximate surface area is 163 Å². The fraction of sp³-hybridized carbons (Fsp3) is 0.136. The summed E-state index contributed by atoms with van der Waals surface area (Å²) in [6.07, 6.45) is 1.19. The van der Waals surface area contributed by atoms with Crippen LogP contribution in [0.4, 0.5) is 0 Å². The van der Waals surface area contributed by atoms with E-state index in [9.17, 15) is 13.2 Å². The number of sulfone groups is 1. The zero-order valence-corrected chi connectivity index (χ0v) is 16.4. The van der Waals surface area contributed by atoms with E-state index >= 15 is 0 Å². The molecule has 4 aromatic rings. The second kappa shape index (κ2) is 6.49. The van der Waals surface area contributed by atoms with E-state index in [0.29, 0.717) is 17.0 Å². The van der Waals surface area contributed by atoms with Gasteiger partial charge >= 0.3 is 0 Å². The number of rotatable bonds is 4. The van der Waals surface area contributed by atoms with Gasteiger partial charge in [-0.05, 0) is 54.4 Å². The highest BCUT2D eigenvalue weighted by molar-refractivity contribution is 7.90. The molecule has 1 heterocycles. The molecule has 0 aliphatic carbocycles. The van der Waals surface area contributed by atoms with Gasteiger partial charge in [-0.3, -0.25) is 4.79 Å². The van der Waals surface area contributed by atoms with E-state index in [2.05, 4.69) is 16.7 Å². The number of nitrogens with two attached hydrogens (primary N) is 1. The van der Waals surface area contributed by atoms with Crippen LogP contribution >= 0.6 is 0 Å². The number of carbonyl (C=O) groups excluding carboxylic acids is 1. The molecule has 1 amide bonds. The maximum Gasteiger partial charge on any atom is 0.249 e. The van der Waals surface area contributed by atoms with E-state index in [0.717, 1.165) is 32.9 Å². The van der Waals surface area contributed by atoms with Gasteiger partial charge in [-0.15, -0.1) is 0 Å². The van der Waals surface area contributed by atoms with Crippen molar-refractivity contribution in [2.75, 3.05) is 6.26 Å². The highest BCUT2D eigenvalue weighted by atomic mass is 32.2. The number of nitrogens with zero attached hydrogens (tertiary/aromatic N) is 1. The standard InChI is InChI=1S/C22H19N2O3S/c1-14-6-11-17-20(12-14)24(19-5-3-4-18(21(17)19)22(23)25)13-15-7-9-16(10-8-15)28(2,26)27/h3-10,12H,13H2,1-2H3,(H2,23,25). The molecular weight excluding hydrogens is 372 g/mol. The molecule has 1 radical (unpaired) electrons. The van der Waals surface area contributed by atoms with E-state index in [1.54, 1.807) is 18.2 Å². The van der Waals surface area contributed by atoms with Crippen molar-refractivity contribution in [2.45, 2.75) is 18.4 Å². The van der Waals surface area contributed by atoms with Crippen LogP contribution in [0.15, 0.2) is 59.5 Å². The molecular formula is C22H19N2O3S. The molecule has 0 atom stereocenters. The van der Waals surface area contributed by atoms with Crippen molar-refractivity contribution in [3.05, 3.63) is 77.4 Å². The molecule has 1 aromatic heterocycles. The maximum absolute atomic E-state index is 12.0. The summed E-state index contributed by atoms with van der Waals surface area (Å²) in [5.41, 5.74) is 9.93. The Morgan fingerprint density at radius 2 is 1.82 bits per heavy atom. The second-order valence-electron chi connectivity index (χ2n) is 7.00. The number of hydrogen-bond acceptors (Lipinski definition) is 3. The average Bonchev–Trinajstić information content (AvgIpc) is 2.94. The Morgan fingerprint density at radius 3 is 2.46 bits per heavy atom. The van der Waals surface area contributed by atoms with E-state index in [-0.39, 0.29) is 0 Å². The molecule has 0 aliphatic rings. The molecule has 0 fully saturated rings. The molecule has 5 nitrogen and oxygen atoms in total. The Morgan fingerprint density at radius 1 is 1.11 bits per heavy atom. The molecule has 0 saturated heterocycles. The van der Waals surface area contributed by atoms with Gasteiger partial charge < -0.3 is 10.3 Å². The predicted octanol–water partition coefficient (Wildman–Crippen LogP) is 3.45. The topological polar surface area (TPSA) is 82.2 Å². The van der Waals surface area contributed by atoms with Gasteiger partial charge in [0.2, 0.25) is 5.91 Å². The summed E-state index contributed by atoms with van der Waals surface area (Å²) in [6, 6.07) is 19.6. The Kier molecular flexibility index (Phi) is 4.23. The van der Waals surface area contributed by atoms with Crippen molar-refractivity contribution >= 4 is 37.6 Å². The van der Waals surface area contributed by atoms with Crippen LogP contribution in [0.25, 0.3) is 21.8 Å². The number of fused-ring (bicyclic) bond motifs is 3. The predicted molar refractivity (Wildman–Crippen MR) is 110 cm³/mol. The maximum atomic E-state index is 12.0. The first-order chi connectivity index (χ1) is 13.3. The molecule has 0 bridgehead atoms. The molecule has 3 aromatic carbocycles. The number of primary amides is 1. The average molecular weight is 391 g/mol. The quantitative estimate of drug-likeness (QED) is 0.578. The van der Waals surface area contributed by atoms with Gasteiger partial charge in [0.25, 0.3) is 0 Å². The Hall–Kier alpha value is -3.12. The van der Waals surface area contributed by atoms with Crippen LogP contribution in [0, 0.1) is 13.0 Å². The SMILES string of the molecule is Cc1c[c]c2c3c(C(N)=O)cccc3n(Cc3ccc(S(C)(=O)=O)cc3)c2c1. The van der Waals surface area contributed by atoms with Crippen molar-refractivity contribution < 1.29 is 13.2 Å².